The van der Waals surface area contributed by atoms with Gasteiger partial charge in [-0.3, -0.25) is 0 Å². The first kappa shape index (κ1) is 12.5. The number of benzene rings is 1. The van der Waals surface area contributed by atoms with Gasteiger partial charge in [-0.15, -0.1) is 0 Å². The highest BCUT2D eigenvalue weighted by atomic mass is 16.7. The summed E-state index contributed by atoms with van der Waals surface area (Å²) in [5, 5.41) is 3.68. The Balaban J connectivity index is 1.35. The van der Waals surface area contributed by atoms with E-state index in [9.17, 15) is 0 Å². The normalized spacial score (nSPS) is 26.5. The molecule has 3 aliphatic rings. The van der Waals surface area contributed by atoms with Crippen molar-refractivity contribution < 1.29 is 14.2 Å². The minimum atomic E-state index is 0.213. The second kappa shape index (κ2) is 4.93. The lowest BCUT2D eigenvalue weighted by molar-refractivity contribution is -0.135. The van der Waals surface area contributed by atoms with E-state index in [1.807, 2.05) is 6.07 Å². The molecule has 1 unspecified atom stereocenters. The molecule has 1 aromatic carbocycles. The highest BCUT2D eigenvalue weighted by molar-refractivity contribution is 5.44. The van der Waals surface area contributed by atoms with E-state index in [0.29, 0.717) is 12.8 Å². The van der Waals surface area contributed by atoms with Crippen LogP contribution in [-0.2, 0) is 11.3 Å². The summed E-state index contributed by atoms with van der Waals surface area (Å²) < 4.78 is 16.7. The van der Waals surface area contributed by atoms with E-state index >= 15 is 0 Å². The third-order valence-corrected chi connectivity index (χ3v) is 4.79. The van der Waals surface area contributed by atoms with Gasteiger partial charge in [0.05, 0.1) is 5.60 Å². The Bertz CT molecular complexity index is 498. The Kier molecular flexibility index (Phi) is 3.08. The van der Waals surface area contributed by atoms with Gasteiger partial charge in [-0.2, -0.15) is 0 Å². The molecule has 0 radical (unpaired) electrons. The molecule has 4 heteroatoms. The predicted octanol–water partition coefficient (Wildman–Crippen LogP) is 2.61. The minimum absolute atomic E-state index is 0.213. The summed E-state index contributed by atoms with van der Waals surface area (Å²) in [7, 11) is 0. The lowest BCUT2D eigenvalue weighted by atomic mass is 9.74. The lowest BCUT2D eigenvalue weighted by Gasteiger charge is -2.47. The van der Waals surface area contributed by atoms with Gasteiger partial charge < -0.3 is 19.5 Å². The van der Waals surface area contributed by atoms with Crippen LogP contribution in [0.5, 0.6) is 11.5 Å². The van der Waals surface area contributed by atoms with E-state index in [2.05, 4.69) is 17.4 Å². The zero-order chi connectivity index (χ0) is 13.4. The van der Waals surface area contributed by atoms with E-state index in [1.54, 1.807) is 0 Å². The number of rotatable bonds is 3. The summed E-state index contributed by atoms with van der Waals surface area (Å²) in [4.78, 5) is 0. The van der Waals surface area contributed by atoms with Gasteiger partial charge in [-0.1, -0.05) is 6.07 Å². The van der Waals surface area contributed by atoms with Gasteiger partial charge in [0.1, 0.15) is 0 Å². The first-order valence-corrected chi connectivity index (χ1v) is 7.59. The molecule has 1 saturated carbocycles. The maximum Gasteiger partial charge on any atom is 0.231 e. The minimum Gasteiger partial charge on any atom is -0.454 e. The Labute approximate surface area is 119 Å². The molecule has 1 spiro atoms. The molecule has 1 saturated heterocycles. The Hall–Kier alpha value is -1.26. The molecule has 0 amide bonds. The van der Waals surface area contributed by atoms with Gasteiger partial charge in [0.2, 0.25) is 6.79 Å². The van der Waals surface area contributed by atoms with Crippen molar-refractivity contribution in [1.82, 2.24) is 5.32 Å². The molecule has 4 rings (SSSR count). The van der Waals surface area contributed by atoms with Crippen molar-refractivity contribution in [3.05, 3.63) is 23.8 Å². The summed E-state index contributed by atoms with van der Waals surface area (Å²) in [6, 6.07) is 6.76. The Morgan fingerprint density at radius 1 is 1.20 bits per heavy atom. The van der Waals surface area contributed by atoms with Crippen LogP contribution in [0.25, 0.3) is 0 Å². The standard InChI is InChI=1S/C16H21NO3/c1-5-16(6-1)9-13(4-7-20-16)17-10-12-2-3-14-15(8-12)19-11-18-14/h2-3,8,13,17H,1,4-7,9-11H2. The topological polar surface area (TPSA) is 39.7 Å². The average Bonchev–Trinajstić information content (AvgIpc) is 2.91. The molecule has 1 aromatic rings. The molecule has 1 N–H and O–H groups in total. The number of ether oxygens (including phenoxy) is 3. The second-order valence-electron chi connectivity index (χ2n) is 6.14. The van der Waals surface area contributed by atoms with E-state index in [1.165, 1.54) is 24.8 Å². The molecule has 0 aromatic heterocycles. The van der Waals surface area contributed by atoms with Crippen LogP contribution >= 0.6 is 0 Å². The van der Waals surface area contributed by atoms with Crippen LogP contribution in [0.1, 0.15) is 37.7 Å². The van der Waals surface area contributed by atoms with E-state index in [4.69, 9.17) is 14.2 Å². The van der Waals surface area contributed by atoms with Gasteiger partial charge >= 0.3 is 0 Å². The van der Waals surface area contributed by atoms with Crippen LogP contribution in [-0.4, -0.2) is 25.0 Å². The van der Waals surface area contributed by atoms with Gasteiger partial charge in [0.15, 0.2) is 11.5 Å². The second-order valence-corrected chi connectivity index (χ2v) is 6.14. The molecular formula is C16H21NO3. The van der Waals surface area contributed by atoms with Crippen molar-refractivity contribution >= 4 is 0 Å². The first-order chi connectivity index (χ1) is 9.83. The molecule has 108 valence electrons. The predicted molar refractivity (Wildman–Crippen MR) is 75.0 cm³/mol. The largest absolute Gasteiger partial charge is 0.454 e. The smallest absolute Gasteiger partial charge is 0.231 e. The molecule has 2 fully saturated rings. The lowest BCUT2D eigenvalue weighted by Crippen LogP contribution is -2.50. The third-order valence-electron chi connectivity index (χ3n) is 4.79. The van der Waals surface area contributed by atoms with Gasteiger partial charge in [0.25, 0.3) is 0 Å². The van der Waals surface area contributed by atoms with Crippen molar-refractivity contribution in [1.29, 1.82) is 0 Å². The van der Waals surface area contributed by atoms with Gasteiger partial charge in [0, 0.05) is 19.2 Å². The number of nitrogens with one attached hydrogen (secondary N) is 1. The molecule has 20 heavy (non-hydrogen) atoms. The summed E-state index contributed by atoms with van der Waals surface area (Å²) >= 11 is 0. The Morgan fingerprint density at radius 2 is 2.10 bits per heavy atom. The molecule has 2 aliphatic heterocycles. The Morgan fingerprint density at radius 3 is 2.95 bits per heavy atom. The fraction of sp³-hybridized carbons (Fsp3) is 0.625. The summed E-state index contributed by atoms with van der Waals surface area (Å²) in [5.74, 6) is 1.72. The molecule has 0 bridgehead atoms. The quantitative estimate of drug-likeness (QED) is 0.920. The highest BCUT2D eigenvalue weighted by Crippen LogP contribution is 2.42. The van der Waals surface area contributed by atoms with Crippen LogP contribution in [0.2, 0.25) is 0 Å². The van der Waals surface area contributed by atoms with Crippen molar-refractivity contribution in [2.75, 3.05) is 13.4 Å². The van der Waals surface area contributed by atoms with Crippen LogP contribution in [0.15, 0.2) is 18.2 Å². The monoisotopic (exact) mass is 275 g/mol. The molecule has 2 heterocycles. The highest BCUT2D eigenvalue weighted by Gasteiger charge is 2.42. The van der Waals surface area contributed by atoms with Crippen molar-refractivity contribution in [3.8, 4) is 11.5 Å². The van der Waals surface area contributed by atoms with Crippen molar-refractivity contribution in [2.24, 2.45) is 0 Å². The van der Waals surface area contributed by atoms with Crippen molar-refractivity contribution in [3.63, 3.8) is 0 Å². The number of hydrogen-bond donors (Lipinski definition) is 1. The fourth-order valence-corrected chi connectivity index (χ4v) is 3.43. The summed E-state index contributed by atoms with van der Waals surface area (Å²) in [6.07, 6.45) is 6.10. The SMILES string of the molecule is c1cc2c(cc1CNC1CCOC3(CCC3)C1)OCO2. The molecule has 1 atom stereocenters. The number of hydrogen-bond acceptors (Lipinski definition) is 4. The molecule has 4 nitrogen and oxygen atoms in total. The zero-order valence-corrected chi connectivity index (χ0v) is 11.7. The van der Waals surface area contributed by atoms with Gasteiger partial charge in [-0.05, 0) is 49.8 Å². The molecular weight excluding hydrogens is 254 g/mol. The maximum absolute atomic E-state index is 5.97. The van der Waals surface area contributed by atoms with Gasteiger partial charge in [-0.25, -0.2) is 0 Å². The average molecular weight is 275 g/mol. The van der Waals surface area contributed by atoms with Crippen LogP contribution in [0.3, 0.4) is 0 Å². The maximum atomic E-state index is 5.97. The third kappa shape index (κ3) is 2.27. The van der Waals surface area contributed by atoms with E-state index in [0.717, 1.165) is 37.5 Å². The van der Waals surface area contributed by atoms with Crippen LogP contribution in [0, 0.1) is 0 Å². The summed E-state index contributed by atoms with van der Waals surface area (Å²) in [5.41, 5.74) is 1.47. The first-order valence-electron chi connectivity index (χ1n) is 7.59. The number of fused-ring (bicyclic) bond motifs is 1. The van der Waals surface area contributed by atoms with Crippen LogP contribution < -0.4 is 14.8 Å². The van der Waals surface area contributed by atoms with E-state index in [-0.39, 0.29) is 5.60 Å². The fourth-order valence-electron chi connectivity index (χ4n) is 3.43. The summed E-state index contributed by atoms with van der Waals surface area (Å²) in [6.45, 7) is 2.13. The molecule has 1 aliphatic carbocycles. The zero-order valence-electron chi connectivity index (χ0n) is 11.7. The van der Waals surface area contributed by atoms with Crippen molar-refractivity contribution in [2.45, 2.75) is 50.3 Å². The van der Waals surface area contributed by atoms with Crippen LogP contribution in [0.4, 0.5) is 0 Å². The van der Waals surface area contributed by atoms with E-state index < -0.39 is 0 Å².